The molecule has 0 fully saturated rings. The maximum atomic E-state index is 8.88. The molecule has 1 radical (unpaired) electrons. The fraction of sp³-hybridized carbons (Fsp3) is 0. The monoisotopic (exact) mass is 271 g/mol. The van der Waals surface area contributed by atoms with Gasteiger partial charge in [0.25, 0.3) is 0 Å². The molecule has 0 spiro atoms. The summed E-state index contributed by atoms with van der Waals surface area (Å²) < 4.78 is 8.88. The predicted octanol–water partition coefficient (Wildman–Crippen LogP) is -1.76. The molecule has 0 aromatic rings. The van der Waals surface area contributed by atoms with Gasteiger partial charge in [-0.25, -0.2) is 4.57 Å². The molecule has 0 aromatic heterocycles. The molecule has 0 bridgehead atoms. The van der Waals surface area contributed by atoms with Gasteiger partial charge in [0.1, 0.15) is 0 Å². The Hall–Kier alpha value is 1.52. The first-order chi connectivity index (χ1) is 2.00. The van der Waals surface area contributed by atoms with Crippen molar-refractivity contribution in [3.05, 3.63) is 0 Å². The Morgan fingerprint density at radius 2 is 1.12 bits per heavy atom. The maximum absolute atomic E-state index is 8.88. The van der Waals surface area contributed by atoms with E-state index in [1.165, 1.54) is 0 Å². The zero-order valence-electron chi connectivity index (χ0n) is 3.50. The van der Waals surface area contributed by atoms with Crippen LogP contribution in [0.1, 0.15) is 0 Å². The third-order valence-corrected chi connectivity index (χ3v) is 0. The third-order valence-electron chi connectivity index (χ3n) is 0. The summed E-state index contributed by atoms with van der Waals surface area (Å²) in [6.45, 7) is 0. The zero-order valence-corrected chi connectivity index (χ0v) is 7.44. The second-order valence-corrected chi connectivity index (χ2v) is 1.54. The number of hydrogen-bond acceptors (Lipinski definition) is 1. The van der Waals surface area contributed by atoms with Crippen molar-refractivity contribution in [2.75, 3.05) is 0 Å². The van der Waals surface area contributed by atoms with Crippen molar-refractivity contribution in [1.29, 1.82) is 0 Å². The summed E-state index contributed by atoms with van der Waals surface area (Å²) >= 11 is 0. The number of rotatable bonds is 0. The van der Waals surface area contributed by atoms with Gasteiger partial charge in [0.05, 0.1) is 0 Å². The number of phosphoric acid groups is 1. The molecule has 5 N–H and O–H groups in total. The molecule has 0 saturated carbocycles. The Labute approximate surface area is 76.4 Å². The van der Waals surface area contributed by atoms with Crippen molar-refractivity contribution in [3.8, 4) is 0 Å². The third kappa shape index (κ3) is 138. The van der Waals surface area contributed by atoms with Crippen molar-refractivity contribution in [1.82, 2.24) is 0 Å². The van der Waals surface area contributed by atoms with E-state index in [2.05, 4.69) is 0 Å². The van der Waals surface area contributed by atoms with E-state index in [9.17, 15) is 0 Å². The summed E-state index contributed by atoms with van der Waals surface area (Å²) in [5, 5.41) is 0. The Kier molecular flexibility index (Phi) is 24.2. The summed E-state index contributed by atoms with van der Waals surface area (Å²) in [7, 11) is -4.64. The molecule has 0 heterocycles. The normalized spacial score (nSPS) is 7.38. The molecule has 0 aliphatic rings. The van der Waals surface area contributed by atoms with Crippen LogP contribution in [-0.2, 0) is 48.7 Å². The van der Waals surface area contributed by atoms with E-state index in [1.54, 1.807) is 0 Å². The molecule has 0 aliphatic carbocycles. The SMILES string of the molecule is O.O=P(O)(O)O.[Ag].[Ti]. The molecule has 0 atom stereocenters. The van der Waals surface area contributed by atoms with Crippen molar-refractivity contribution in [3.63, 3.8) is 0 Å². The van der Waals surface area contributed by atoms with E-state index in [4.69, 9.17) is 19.2 Å². The summed E-state index contributed by atoms with van der Waals surface area (Å²) in [6, 6.07) is 0. The second-order valence-electron chi connectivity index (χ2n) is 0.513. The van der Waals surface area contributed by atoms with Gasteiger partial charge in [-0.05, 0) is 0 Å². The van der Waals surface area contributed by atoms with Crippen LogP contribution < -0.4 is 0 Å². The van der Waals surface area contributed by atoms with Crippen LogP contribution in [0.3, 0.4) is 0 Å². The van der Waals surface area contributed by atoms with Gasteiger partial charge in [0.2, 0.25) is 0 Å². The van der Waals surface area contributed by atoms with Gasteiger partial charge >= 0.3 is 7.82 Å². The topological polar surface area (TPSA) is 109 Å². The van der Waals surface area contributed by atoms with Crippen LogP contribution in [0.4, 0.5) is 0 Å². The molecular weight excluding hydrogens is 267 g/mol. The average Bonchev–Trinajstić information content (AvgIpc) is 0.722. The molecule has 0 aliphatic heterocycles. The van der Waals surface area contributed by atoms with Crippen LogP contribution in [0.25, 0.3) is 0 Å². The first-order valence-electron chi connectivity index (χ1n) is 0.783. The minimum absolute atomic E-state index is 0. The smallest absolute Gasteiger partial charge is 0.412 e. The largest absolute Gasteiger partial charge is 0.466 e. The van der Waals surface area contributed by atoms with Crippen molar-refractivity contribution in [2.45, 2.75) is 0 Å². The molecule has 8 heavy (non-hydrogen) atoms. The molecule has 0 aromatic carbocycles. The minimum Gasteiger partial charge on any atom is -0.412 e. The fourth-order valence-corrected chi connectivity index (χ4v) is 0. The van der Waals surface area contributed by atoms with E-state index >= 15 is 0 Å². The van der Waals surface area contributed by atoms with Gasteiger partial charge in [-0.1, -0.05) is 0 Å². The van der Waals surface area contributed by atoms with E-state index in [0.29, 0.717) is 0 Å². The Morgan fingerprint density at radius 1 is 1.12 bits per heavy atom. The van der Waals surface area contributed by atoms with Crippen LogP contribution in [0.2, 0.25) is 0 Å². The zero-order chi connectivity index (χ0) is 4.50. The molecular formula is H5AgO5PTi. The number of hydrogen-bond donors (Lipinski definition) is 3. The Balaban J connectivity index is -0.0000000267. The fourth-order valence-electron chi connectivity index (χ4n) is 0. The van der Waals surface area contributed by atoms with Gasteiger partial charge in [0.15, 0.2) is 0 Å². The molecule has 0 unspecified atom stereocenters. The van der Waals surface area contributed by atoms with Crippen LogP contribution in [0.5, 0.6) is 0 Å². The second kappa shape index (κ2) is 8.52. The van der Waals surface area contributed by atoms with Crippen LogP contribution in [-0.4, -0.2) is 20.2 Å². The standard InChI is InChI=1S/Ag.H3O4P.H2O.Ti/c;1-5(2,3)4;;/h;(H3,1,2,3,4);1H2;. The first-order valence-corrected chi connectivity index (χ1v) is 2.35. The van der Waals surface area contributed by atoms with Gasteiger partial charge in [0, 0.05) is 44.1 Å². The van der Waals surface area contributed by atoms with Crippen LogP contribution in [0.15, 0.2) is 0 Å². The maximum Gasteiger partial charge on any atom is 0.466 e. The molecule has 5 nitrogen and oxygen atoms in total. The van der Waals surface area contributed by atoms with Gasteiger partial charge < -0.3 is 20.2 Å². The minimum atomic E-state index is -4.64. The summed E-state index contributed by atoms with van der Waals surface area (Å²) in [4.78, 5) is 21.6. The molecule has 55 valence electrons. The molecule has 8 heteroatoms. The quantitative estimate of drug-likeness (QED) is 0.358. The van der Waals surface area contributed by atoms with E-state index in [0.717, 1.165) is 0 Å². The summed E-state index contributed by atoms with van der Waals surface area (Å²) in [6.07, 6.45) is 0. The van der Waals surface area contributed by atoms with Crippen LogP contribution >= 0.6 is 7.82 Å². The van der Waals surface area contributed by atoms with Crippen LogP contribution in [0, 0.1) is 0 Å². The van der Waals surface area contributed by atoms with E-state index in [1.807, 2.05) is 0 Å². The average molecular weight is 272 g/mol. The summed E-state index contributed by atoms with van der Waals surface area (Å²) in [5.74, 6) is 0. The molecule has 0 rings (SSSR count). The molecule has 0 saturated heterocycles. The summed E-state index contributed by atoms with van der Waals surface area (Å²) in [5.41, 5.74) is 0. The van der Waals surface area contributed by atoms with Gasteiger partial charge in [-0.15, -0.1) is 0 Å². The molecule has 0 amide bonds. The van der Waals surface area contributed by atoms with Crippen molar-refractivity contribution in [2.24, 2.45) is 0 Å². The van der Waals surface area contributed by atoms with E-state index in [-0.39, 0.29) is 49.6 Å². The van der Waals surface area contributed by atoms with Gasteiger partial charge in [-0.2, -0.15) is 0 Å². The van der Waals surface area contributed by atoms with E-state index < -0.39 is 7.82 Å². The predicted molar refractivity (Wildman–Crippen MR) is 17.9 cm³/mol. The van der Waals surface area contributed by atoms with Gasteiger partial charge in [-0.3, -0.25) is 0 Å². The first kappa shape index (κ1) is 22.7. The Morgan fingerprint density at radius 3 is 1.12 bits per heavy atom. The van der Waals surface area contributed by atoms with Crippen molar-refractivity contribution < 1.29 is 68.8 Å². The Bertz CT molecular complexity index is 58.6. The van der Waals surface area contributed by atoms with Crippen molar-refractivity contribution >= 4 is 7.82 Å².